The van der Waals surface area contributed by atoms with Crippen molar-refractivity contribution >= 4 is 5.91 Å². The molecule has 1 fully saturated rings. The largest absolute Gasteiger partial charge is 0.455 e. The highest BCUT2D eigenvalue weighted by molar-refractivity contribution is 5.90. The average Bonchev–Trinajstić information content (AvgIpc) is 3.21. The number of aromatic nitrogens is 3. The topological polar surface area (TPSA) is 99.4 Å². The van der Waals surface area contributed by atoms with E-state index in [0.29, 0.717) is 13.2 Å². The Morgan fingerprint density at radius 2 is 2.23 bits per heavy atom. The van der Waals surface area contributed by atoms with Gasteiger partial charge in [-0.2, -0.15) is 0 Å². The number of carbonyl (C=O) groups excluding carboxylic acids is 1. The lowest BCUT2D eigenvalue weighted by atomic mass is 9.90. The number of hydrogen-bond donors (Lipinski definition) is 1. The first kappa shape index (κ1) is 17.2. The quantitative estimate of drug-likeness (QED) is 0.894. The number of ether oxygens (including phenoxy) is 1. The maximum Gasteiger partial charge on any atom is 0.284 e. The van der Waals surface area contributed by atoms with Crippen molar-refractivity contribution in [2.24, 2.45) is 5.73 Å². The number of piperidine rings is 1. The third-order valence-corrected chi connectivity index (χ3v) is 5.14. The lowest BCUT2D eigenvalue weighted by Crippen LogP contribution is -2.47. The molecule has 2 aliphatic rings. The van der Waals surface area contributed by atoms with Crippen LogP contribution in [-0.4, -0.2) is 45.0 Å². The van der Waals surface area contributed by atoms with Gasteiger partial charge in [0.15, 0.2) is 5.76 Å². The number of fused-ring (bicyclic) bond motifs is 3. The van der Waals surface area contributed by atoms with E-state index in [1.807, 2.05) is 4.68 Å². The first-order valence-electron chi connectivity index (χ1n) is 8.99. The van der Waals surface area contributed by atoms with Gasteiger partial charge >= 0.3 is 0 Å². The number of nitrogens with zero attached hydrogens (tertiary/aromatic N) is 4. The van der Waals surface area contributed by atoms with Gasteiger partial charge in [-0.3, -0.25) is 9.69 Å². The number of rotatable bonds is 3. The van der Waals surface area contributed by atoms with E-state index in [2.05, 4.69) is 36.0 Å². The number of nitrogens with two attached hydrogens (primary N) is 1. The zero-order chi connectivity index (χ0) is 18.5. The number of likely N-dealkylation sites (tertiary alicyclic amines) is 1. The first-order chi connectivity index (χ1) is 12.3. The van der Waals surface area contributed by atoms with Gasteiger partial charge in [-0.05, 0) is 12.5 Å². The number of primary amides is 1. The lowest BCUT2D eigenvalue weighted by molar-refractivity contribution is -0.0670. The van der Waals surface area contributed by atoms with E-state index in [0.717, 1.165) is 36.5 Å². The van der Waals surface area contributed by atoms with E-state index >= 15 is 0 Å². The zero-order valence-electron chi connectivity index (χ0n) is 15.4. The van der Waals surface area contributed by atoms with Gasteiger partial charge in [0, 0.05) is 30.6 Å². The zero-order valence-corrected chi connectivity index (χ0v) is 15.4. The fraction of sp³-hybridized carbons (Fsp3) is 0.611. The Kier molecular flexibility index (Phi) is 4.11. The highest BCUT2D eigenvalue weighted by Gasteiger charge is 2.37. The fourth-order valence-corrected chi connectivity index (χ4v) is 3.93. The second kappa shape index (κ2) is 6.21. The molecule has 2 aromatic rings. The minimum Gasteiger partial charge on any atom is -0.455 e. The summed E-state index contributed by atoms with van der Waals surface area (Å²) in [5, 5.41) is 8.27. The molecule has 2 unspecified atom stereocenters. The van der Waals surface area contributed by atoms with Crippen LogP contribution in [0.15, 0.2) is 16.7 Å². The molecular formula is C18H25N5O3. The van der Waals surface area contributed by atoms with Crippen LogP contribution in [0.4, 0.5) is 0 Å². The first-order valence-corrected chi connectivity index (χ1v) is 8.99. The smallest absolute Gasteiger partial charge is 0.284 e. The number of hydrogen-bond acceptors (Lipinski definition) is 6. The summed E-state index contributed by atoms with van der Waals surface area (Å²) in [7, 11) is 0. The number of amides is 1. The van der Waals surface area contributed by atoms with Crippen molar-refractivity contribution in [2.45, 2.75) is 57.9 Å². The van der Waals surface area contributed by atoms with Crippen LogP contribution < -0.4 is 5.73 Å². The van der Waals surface area contributed by atoms with Crippen LogP contribution >= 0.6 is 0 Å². The summed E-state index contributed by atoms with van der Waals surface area (Å²) in [6.45, 7) is 9.24. The molecule has 0 bridgehead atoms. The molecule has 0 spiro atoms. The monoisotopic (exact) mass is 359 g/mol. The van der Waals surface area contributed by atoms with Crippen molar-refractivity contribution in [3.63, 3.8) is 0 Å². The van der Waals surface area contributed by atoms with Gasteiger partial charge in [-0.1, -0.05) is 26.0 Å². The van der Waals surface area contributed by atoms with Gasteiger partial charge in [0.05, 0.1) is 30.6 Å². The van der Waals surface area contributed by atoms with Crippen LogP contribution in [-0.2, 0) is 23.3 Å². The lowest BCUT2D eigenvalue weighted by Gasteiger charge is -2.41. The van der Waals surface area contributed by atoms with Crippen LogP contribution in [0.2, 0.25) is 0 Å². The molecule has 1 saturated heterocycles. The molecule has 0 aromatic carbocycles. The van der Waals surface area contributed by atoms with Crippen LogP contribution in [0.5, 0.6) is 0 Å². The Labute approximate surface area is 152 Å². The van der Waals surface area contributed by atoms with Crippen molar-refractivity contribution in [1.82, 2.24) is 19.9 Å². The van der Waals surface area contributed by atoms with E-state index in [-0.39, 0.29) is 23.3 Å². The van der Waals surface area contributed by atoms with Crippen molar-refractivity contribution in [3.05, 3.63) is 35.0 Å². The van der Waals surface area contributed by atoms with Gasteiger partial charge in [0.1, 0.15) is 5.76 Å². The summed E-state index contributed by atoms with van der Waals surface area (Å²) in [6.07, 6.45) is 2.88. The van der Waals surface area contributed by atoms with E-state index in [4.69, 9.17) is 14.9 Å². The Bertz CT molecular complexity index is 819. The summed E-state index contributed by atoms with van der Waals surface area (Å²) < 4.78 is 13.7. The highest BCUT2D eigenvalue weighted by atomic mass is 16.5. The maximum atomic E-state index is 11.6. The fourth-order valence-electron chi connectivity index (χ4n) is 3.93. The van der Waals surface area contributed by atoms with E-state index in [1.165, 1.54) is 0 Å². The molecule has 8 heteroatoms. The van der Waals surface area contributed by atoms with Crippen molar-refractivity contribution in [1.29, 1.82) is 0 Å². The van der Waals surface area contributed by atoms with E-state index < -0.39 is 5.91 Å². The van der Waals surface area contributed by atoms with Crippen LogP contribution in [0.3, 0.4) is 0 Å². The third kappa shape index (κ3) is 3.03. The van der Waals surface area contributed by atoms with Gasteiger partial charge < -0.3 is 14.9 Å². The molecule has 2 aliphatic heterocycles. The second-order valence-corrected chi connectivity index (χ2v) is 8.19. The Morgan fingerprint density at radius 3 is 2.96 bits per heavy atom. The number of carbonyl (C=O) groups is 1. The van der Waals surface area contributed by atoms with Gasteiger partial charge in [0.2, 0.25) is 0 Å². The molecule has 4 rings (SSSR count). The van der Waals surface area contributed by atoms with Crippen molar-refractivity contribution in [2.75, 3.05) is 13.1 Å². The molecule has 1 amide bonds. The molecule has 0 radical (unpaired) electrons. The summed E-state index contributed by atoms with van der Waals surface area (Å²) in [5.41, 5.74) is 7.25. The molecule has 4 heterocycles. The summed E-state index contributed by atoms with van der Waals surface area (Å²) >= 11 is 0. The minimum atomic E-state index is -0.534. The molecule has 2 aromatic heterocycles. The highest BCUT2D eigenvalue weighted by Crippen LogP contribution is 2.33. The van der Waals surface area contributed by atoms with E-state index in [9.17, 15) is 4.79 Å². The average molecular weight is 359 g/mol. The van der Waals surface area contributed by atoms with Crippen LogP contribution in [0, 0.1) is 0 Å². The molecule has 26 heavy (non-hydrogen) atoms. The Balaban J connectivity index is 1.56. The summed E-state index contributed by atoms with van der Waals surface area (Å²) in [6, 6.07) is 1.95. The summed E-state index contributed by atoms with van der Waals surface area (Å²) in [5.74, 6) is 0.502. The molecule has 2 atom stereocenters. The molecule has 0 saturated carbocycles. The Hall–Kier alpha value is -2.19. The second-order valence-electron chi connectivity index (χ2n) is 8.19. The molecule has 8 nitrogen and oxygen atoms in total. The summed E-state index contributed by atoms with van der Waals surface area (Å²) in [4.78, 5) is 13.9. The van der Waals surface area contributed by atoms with E-state index in [1.54, 1.807) is 12.3 Å². The van der Waals surface area contributed by atoms with Gasteiger partial charge in [0.25, 0.3) is 5.91 Å². The standard InChI is InChI=1S/C18H25N5O3/c1-18(2,3)16-11(6-15(26-16)17(19)24)8-22-5-4-14-13(9-22)23-12(10-25-14)7-20-21-23/h6-7,13-14H,4-5,8-10H2,1-3H3,(H2,19,24). The SMILES string of the molecule is CC(C)(C)c1oc(C(N)=O)cc1CN1CCC2OCc3cnnn3C2C1. The third-order valence-electron chi connectivity index (χ3n) is 5.14. The van der Waals surface area contributed by atoms with Crippen LogP contribution in [0.25, 0.3) is 0 Å². The number of furan rings is 1. The maximum absolute atomic E-state index is 11.6. The van der Waals surface area contributed by atoms with Gasteiger partial charge in [-0.15, -0.1) is 5.10 Å². The normalized spacial score (nSPS) is 23.5. The molecule has 2 N–H and O–H groups in total. The van der Waals surface area contributed by atoms with Crippen molar-refractivity contribution < 1.29 is 13.9 Å². The predicted molar refractivity (Wildman–Crippen MR) is 93.5 cm³/mol. The Morgan fingerprint density at radius 1 is 1.42 bits per heavy atom. The molecular weight excluding hydrogens is 334 g/mol. The van der Waals surface area contributed by atoms with Crippen molar-refractivity contribution in [3.8, 4) is 0 Å². The van der Waals surface area contributed by atoms with Gasteiger partial charge in [-0.25, -0.2) is 4.68 Å². The molecule has 140 valence electrons. The predicted octanol–water partition coefficient (Wildman–Crippen LogP) is 1.61. The minimum absolute atomic E-state index is 0.163. The molecule has 0 aliphatic carbocycles. The van der Waals surface area contributed by atoms with Crippen LogP contribution in [0.1, 0.15) is 60.8 Å².